The molecule has 6 heterocycles. The van der Waals surface area contributed by atoms with Crippen molar-refractivity contribution in [2.75, 3.05) is 54.9 Å². The molecule has 1 unspecified atom stereocenters. The maximum Gasteiger partial charge on any atom is 0.162 e. The number of morpholine rings is 1. The van der Waals surface area contributed by atoms with Gasteiger partial charge in [-0.25, -0.2) is 19.9 Å². The number of nitrogens with one attached hydrogen (secondary N) is 3. The summed E-state index contributed by atoms with van der Waals surface area (Å²) in [5, 5.41) is 12.4. The first-order valence-corrected chi connectivity index (χ1v) is 12.4. The van der Waals surface area contributed by atoms with Crippen LogP contribution in [0.25, 0.3) is 21.6 Å². The van der Waals surface area contributed by atoms with E-state index in [4.69, 9.17) is 14.7 Å². The molecule has 1 atom stereocenters. The topological polar surface area (TPSA) is 100 Å². The van der Waals surface area contributed by atoms with Crippen molar-refractivity contribution in [2.24, 2.45) is 0 Å². The monoisotopic (exact) mass is 474 g/mol. The van der Waals surface area contributed by atoms with Gasteiger partial charge in [0.05, 0.1) is 35.3 Å². The number of fused-ring (bicyclic) bond motifs is 1. The van der Waals surface area contributed by atoms with Gasteiger partial charge in [-0.1, -0.05) is 0 Å². The highest BCUT2D eigenvalue weighted by molar-refractivity contribution is 7.17. The molecule has 0 saturated carbocycles. The van der Waals surface area contributed by atoms with Crippen molar-refractivity contribution in [1.29, 1.82) is 0 Å². The molecule has 174 valence electrons. The molecule has 6 rings (SSSR count). The summed E-state index contributed by atoms with van der Waals surface area (Å²) in [7, 11) is 0. The maximum atomic E-state index is 5.43. The number of thiophene rings is 1. The fraction of sp³-hybridized carbons (Fsp3) is 0.333. The van der Waals surface area contributed by atoms with Crippen LogP contribution in [0, 0.1) is 0 Å². The van der Waals surface area contributed by atoms with Crippen molar-refractivity contribution in [3.63, 3.8) is 0 Å². The van der Waals surface area contributed by atoms with Crippen LogP contribution in [0.3, 0.4) is 0 Å². The van der Waals surface area contributed by atoms with Crippen LogP contribution in [0.1, 0.15) is 6.42 Å². The van der Waals surface area contributed by atoms with E-state index in [2.05, 4.69) is 42.3 Å². The van der Waals surface area contributed by atoms with Gasteiger partial charge in [-0.05, 0) is 48.7 Å². The highest BCUT2D eigenvalue weighted by Crippen LogP contribution is 2.30. The molecule has 2 aliphatic heterocycles. The van der Waals surface area contributed by atoms with Crippen molar-refractivity contribution in [3.05, 3.63) is 48.1 Å². The summed E-state index contributed by atoms with van der Waals surface area (Å²) in [6.45, 7) is 5.27. The molecule has 10 heteroatoms. The lowest BCUT2D eigenvalue weighted by Gasteiger charge is -2.28. The molecular weight excluding hydrogens is 448 g/mol. The van der Waals surface area contributed by atoms with Crippen LogP contribution < -0.4 is 20.9 Å². The summed E-state index contributed by atoms with van der Waals surface area (Å²) in [5.74, 6) is 3.02. The third-order valence-electron chi connectivity index (χ3n) is 6.10. The Labute approximate surface area is 201 Å². The second-order valence-corrected chi connectivity index (χ2v) is 9.34. The minimum Gasteiger partial charge on any atom is -0.378 e. The van der Waals surface area contributed by atoms with Crippen molar-refractivity contribution in [2.45, 2.75) is 12.5 Å². The van der Waals surface area contributed by atoms with Gasteiger partial charge in [0, 0.05) is 37.4 Å². The Balaban J connectivity index is 1.23. The van der Waals surface area contributed by atoms with Crippen LogP contribution in [-0.2, 0) is 4.74 Å². The summed E-state index contributed by atoms with van der Waals surface area (Å²) in [5.41, 5.74) is 2.96. The van der Waals surface area contributed by atoms with Gasteiger partial charge in [0.25, 0.3) is 0 Å². The molecular formula is C24H26N8OS. The zero-order valence-electron chi connectivity index (χ0n) is 18.7. The Morgan fingerprint density at radius 3 is 2.82 bits per heavy atom. The molecule has 0 radical (unpaired) electrons. The molecule has 4 aromatic heterocycles. The number of aromatic nitrogens is 4. The third-order valence-corrected chi connectivity index (χ3v) is 7.01. The van der Waals surface area contributed by atoms with Crippen LogP contribution >= 0.6 is 11.3 Å². The van der Waals surface area contributed by atoms with E-state index >= 15 is 0 Å². The summed E-state index contributed by atoms with van der Waals surface area (Å²) in [6, 6.07) is 10.4. The maximum absolute atomic E-state index is 5.43. The van der Waals surface area contributed by atoms with Crippen molar-refractivity contribution in [3.8, 4) is 11.4 Å². The molecule has 0 aromatic carbocycles. The van der Waals surface area contributed by atoms with Gasteiger partial charge in [0.2, 0.25) is 0 Å². The molecule has 4 aromatic rings. The second-order valence-electron chi connectivity index (χ2n) is 8.42. The van der Waals surface area contributed by atoms with E-state index in [0.717, 1.165) is 78.9 Å². The molecule has 0 bridgehead atoms. The number of anilines is 4. The summed E-state index contributed by atoms with van der Waals surface area (Å²) >= 11 is 1.67. The van der Waals surface area contributed by atoms with Crippen LogP contribution in [0.4, 0.5) is 23.1 Å². The number of ether oxygens (including phenoxy) is 1. The molecule has 0 aliphatic carbocycles. The zero-order chi connectivity index (χ0) is 22.7. The predicted octanol–water partition coefficient (Wildman–Crippen LogP) is 3.50. The average Bonchev–Trinajstić information content (AvgIpc) is 3.57. The summed E-state index contributed by atoms with van der Waals surface area (Å²) < 4.78 is 6.52. The fourth-order valence-corrected chi connectivity index (χ4v) is 5.08. The van der Waals surface area contributed by atoms with Crippen molar-refractivity contribution >= 4 is 44.7 Å². The molecule has 3 N–H and O–H groups in total. The van der Waals surface area contributed by atoms with Gasteiger partial charge in [0.15, 0.2) is 5.82 Å². The Morgan fingerprint density at radius 2 is 2.00 bits per heavy atom. The van der Waals surface area contributed by atoms with Gasteiger partial charge in [-0.15, -0.1) is 11.3 Å². The Hall–Kier alpha value is -3.34. The minimum atomic E-state index is 0.384. The van der Waals surface area contributed by atoms with Crippen LogP contribution in [-0.4, -0.2) is 65.4 Å². The highest BCUT2D eigenvalue weighted by atomic mass is 32.1. The quantitative estimate of drug-likeness (QED) is 0.388. The summed E-state index contributed by atoms with van der Waals surface area (Å²) in [4.78, 5) is 21.0. The highest BCUT2D eigenvalue weighted by Gasteiger charge is 2.18. The predicted molar refractivity (Wildman–Crippen MR) is 136 cm³/mol. The standard InChI is InChI=1S/C24H26N8OS/c1-2-20(27-15-18(1)32-8-10-33-11-9-32)30-21-13-16(3-7-26-21)23-29-19-5-12-34-22(19)24(31-23)28-17-4-6-25-14-17/h1-3,5,7,12-13,15,17,25H,4,6,8-11,14H2,(H,26,27,30)(H,28,29,31). The van der Waals surface area contributed by atoms with E-state index in [9.17, 15) is 0 Å². The first kappa shape index (κ1) is 21.2. The van der Waals surface area contributed by atoms with Crippen molar-refractivity contribution in [1.82, 2.24) is 25.3 Å². The Bertz CT molecular complexity index is 1270. The molecule has 34 heavy (non-hydrogen) atoms. The Morgan fingerprint density at radius 1 is 1.06 bits per heavy atom. The van der Waals surface area contributed by atoms with E-state index in [0.29, 0.717) is 17.7 Å². The number of hydrogen-bond acceptors (Lipinski definition) is 10. The normalized spacial score (nSPS) is 18.4. The number of rotatable bonds is 6. The zero-order valence-corrected chi connectivity index (χ0v) is 19.5. The number of pyridine rings is 2. The lowest BCUT2D eigenvalue weighted by atomic mass is 10.2. The van der Waals surface area contributed by atoms with E-state index in [1.54, 1.807) is 17.5 Å². The minimum absolute atomic E-state index is 0.384. The van der Waals surface area contributed by atoms with Crippen LogP contribution in [0.15, 0.2) is 48.1 Å². The van der Waals surface area contributed by atoms with Crippen LogP contribution in [0.2, 0.25) is 0 Å². The Kier molecular flexibility index (Phi) is 5.92. The second kappa shape index (κ2) is 9.49. The smallest absolute Gasteiger partial charge is 0.162 e. The molecule has 9 nitrogen and oxygen atoms in total. The molecule has 2 aliphatic rings. The first-order valence-electron chi connectivity index (χ1n) is 11.6. The van der Waals surface area contributed by atoms with Gasteiger partial charge < -0.3 is 25.6 Å². The lowest BCUT2D eigenvalue weighted by Crippen LogP contribution is -2.36. The molecule has 0 amide bonds. The van der Waals surface area contributed by atoms with E-state index < -0.39 is 0 Å². The van der Waals surface area contributed by atoms with Crippen LogP contribution in [0.5, 0.6) is 0 Å². The number of nitrogens with zero attached hydrogens (tertiary/aromatic N) is 5. The first-order chi connectivity index (χ1) is 16.8. The largest absolute Gasteiger partial charge is 0.378 e. The third kappa shape index (κ3) is 4.52. The van der Waals surface area contributed by atoms with E-state index in [-0.39, 0.29) is 0 Å². The van der Waals surface area contributed by atoms with Gasteiger partial charge in [-0.2, -0.15) is 0 Å². The fourth-order valence-electron chi connectivity index (χ4n) is 4.30. The molecule has 2 saturated heterocycles. The van der Waals surface area contributed by atoms with E-state index in [1.807, 2.05) is 30.5 Å². The van der Waals surface area contributed by atoms with Gasteiger partial charge in [0.1, 0.15) is 17.5 Å². The van der Waals surface area contributed by atoms with Gasteiger partial charge >= 0.3 is 0 Å². The SMILES string of the molecule is c1cc(-c2nc(NC3CCNC3)c3sccc3n2)cc(Nc2ccc(N3CCOCC3)cn2)n1. The molecule has 0 spiro atoms. The van der Waals surface area contributed by atoms with E-state index in [1.165, 1.54) is 0 Å². The number of hydrogen-bond donors (Lipinski definition) is 3. The summed E-state index contributed by atoms with van der Waals surface area (Å²) in [6.07, 6.45) is 4.75. The van der Waals surface area contributed by atoms with Gasteiger partial charge in [-0.3, -0.25) is 0 Å². The van der Waals surface area contributed by atoms with Crippen molar-refractivity contribution < 1.29 is 4.74 Å². The molecule has 2 fully saturated rings. The average molecular weight is 475 g/mol. The lowest BCUT2D eigenvalue weighted by molar-refractivity contribution is 0.122.